The number of nitrogens with two attached hydrogens (primary N) is 1. The molecule has 5 atom stereocenters. The van der Waals surface area contributed by atoms with Crippen molar-refractivity contribution in [3.63, 3.8) is 0 Å². The average molecular weight is 519 g/mol. The Bertz CT molecular complexity index is 833. The normalized spacial score (nSPS) is 14.9. The minimum Gasteiger partial charge on any atom is -0.481 e. The number of rotatable bonds is 18. The standard InChI is InChI=1S/C21H34N4O11/c1-3-10(2)17(21(35)36)25-20(34)13(6-9-16(30)31)24-19(33)12(5-8-15(28)29)23-18(32)11(22)4-7-14(26)27/h10-13,17H,3-9,22H2,1-2H3,(H,23,32)(H,24,33)(H,25,34)(H,26,27)(H,28,29)(H,30,31)(H,35,36)/t10-,11-,12-,13-,17-/m0/s1. The van der Waals surface area contributed by atoms with Crippen LogP contribution in [-0.2, 0) is 33.6 Å². The molecule has 0 saturated heterocycles. The van der Waals surface area contributed by atoms with E-state index in [0.29, 0.717) is 6.42 Å². The van der Waals surface area contributed by atoms with Crippen molar-refractivity contribution >= 4 is 41.6 Å². The lowest BCUT2D eigenvalue weighted by atomic mass is 9.98. The smallest absolute Gasteiger partial charge is 0.326 e. The van der Waals surface area contributed by atoms with Crippen LogP contribution in [0.15, 0.2) is 0 Å². The van der Waals surface area contributed by atoms with E-state index in [1.807, 2.05) is 0 Å². The molecule has 3 amide bonds. The van der Waals surface area contributed by atoms with E-state index in [2.05, 4.69) is 16.0 Å². The Morgan fingerprint density at radius 3 is 1.44 bits per heavy atom. The highest BCUT2D eigenvalue weighted by Gasteiger charge is 2.32. The Morgan fingerprint density at radius 2 is 1.06 bits per heavy atom. The summed E-state index contributed by atoms with van der Waals surface area (Å²) >= 11 is 0. The van der Waals surface area contributed by atoms with Crippen molar-refractivity contribution in [1.29, 1.82) is 0 Å². The third kappa shape index (κ3) is 12.6. The van der Waals surface area contributed by atoms with E-state index in [1.54, 1.807) is 13.8 Å². The van der Waals surface area contributed by atoms with Gasteiger partial charge in [0.1, 0.15) is 18.1 Å². The number of carbonyl (C=O) groups excluding carboxylic acids is 3. The fourth-order valence-corrected chi connectivity index (χ4v) is 2.97. The Kier molecular flexibility index (Phi) is 14.4. The molecule has 0 aromatic rings. The van der Waals surface area contributed by atoms with Gasteiger partial charge in [-0.2, -0.15) is 0 Å². The summed E-state index contributed by atoms with van der Waals surface area (Å²) < 4.78 is 0. The molecule has 15 nitrogen and oxygen atoms in total. The van der Waals surface area contributed by atoms with Crippen molar-refractivity contribution in [2.45, 2.75) is 83.0 Å². The Hall–Kier alpha value is -3.75. The van der Waals surface area contributed by atoms with E-state index in [1.165, 1.54) is 0 Å². The maximum atomic E-state index is 12.9. The van der Waals surface area contributed by atoms with Gasteiger partial charge in [-0.25, -0.2) is 4.79 Å². The second-order valence-corrected chi connectivity index (χ2v) is 8.24. The number of hydrogen-bond acceptors (Lipinski definition) is 8. The quantitative estimate of drug-likeness (QED) is 0.103. The van der Waals surface area contributed by atoms with Crippen LogP contribution in [0.4, 0.5) is 0 Å². The van der Waals surface area contributed by atoms with Crippen molar-refractivity contribution < 1.29 is 54.0 Å². The number of nitrogens with one attached hydrogen (secondary N) is 3. The van der Waals surface area contributed by atoms with Crippen molar-refractivity contribution in [1.82, 2.24) is 16.0 Å². The molecule has 0 radical (unpaired) electrons. The van der Waals surface area contributed by atoms with Gasteiger partial charge in [-0.05, 0) is 25.2 Å². The molecule has 0 unspecified atom stereocenters. The van der Waals surface area contributed by atoms with Gasteiger partial charge in [0.15, 0.2) is 0 Å². The Balaban J connectivity index is 5.67. The predicted molar refractivity (Wildman–Crippen MR) is 121 cm³/mol. The number of carboxylic acid groups (broad SMARTS) is 4. The van der Waals surface area contributed by atoms with Crippen LogP contribution in [0.2, 0.25) is 0 Å². The molecule has 9 N–H and O–H groups in total. The highest BCUT2D eigenvalue weighted by molar-refractivity contribution is 5.94. The van der Waals surface area contributed by atoms with Crippen LogP contribution >= 0.6 is 0 Å². The maximum absolute atomic E-state index is 12.9. The van der Waals surface area contributed by atoms with Crippen LogP contribution in [0.3, 0.4) is 0 Å². The topological polar surface area (TPSA) is 263 Å². The molecule has 36 heavy (non-hydrogen) atoms. The molecule has 0 heterocycles. The molecule has 0 aromatic heterocycles. The van der Waals surface area contributed by atoms with Gasteiger partial charge < -0.3 is 42.1 Å². The Morgan fingerprint density at radius 1 is 0.667 bits per heavy atom. The second-order valence-electron chi connectivity index (χ2n) is 8.24. The molecule has 0 aliphatic carbocycles. The summed E-state index contributed by atoms with van der Waals surface area (Å²) in [6.45, 7) is 3.28. The van der Waals surface area contributed by atoms with Crippen LogP contribution < -0.4 is 21.7 Å². The van der Waals surface area contributed by atoms with Crippen molar-refractivity contribution in [3.05, 3.63) is 0 Å². The number of hydrogen-bond donors (Lipinski definition) is 8. The lowest BCUT2D eigenvalue weighted by Crippen LogP contribution is -2.57. The first-order valence-electron chi connectivity index (χ1n) is 11.2. The van der Waals surface area contributed by atoms with Crippen LogP contribution in [0, 0.1) is 5.92 Å². The van der Waals surface area contributed by atoms with Crippen LogP contribution in [0.5, 0.6) is 0 Å². The summed E-state index contributed by atoms with van der Waals surface area (Å²) in [7, 11) is 0. The molecule has 0 saturated carbocycles. The first-order valence-corrected chi connectivity index (χ1v) is 11.2. The molecule has 15 heteroatoms. The molecule has 0 fully saturated rings. The van der Waals surface area contributed by atoms with Gasteiger partial charge in [-0.15, -0.1) is 0 Å². The third-order valence-corrected chi connectivity index (χ3v) is 5.34. The van der Waals surface area contributed by atoms with Gasteiger partial charge in [-0.3, -0.25) is 28.8 Å². The summed E-state index contributed by atoms with van der Waals surface area (Å²) in [5.41, 5.74) is 5.62. The van der Waals surface area contributed by atoms with Crippen molar-refractivity contribution in [2.75, 3.05) is 0 Å². The van der Waals surface area contributed by atoms with Gasteiger partial charge in [0.25, 0.3) is 0 Å². The van der Waals surface area contributed by atoms with E-state index in [0.717, 1.165) is 0 Å². The van der Waals surface area contributed by atoms with Gasteiger partial charge >= 0.3 is 23.9 Å². The highest BCUT2D eigenvalue weighted by atomic mass is 16.4. The van der Waals surface area contributed by atoms with E-state index in [-0.39, 0.29) is 6.42 Å². The van der Waals surface area contributed by atoms with Crippen molar-refractivity contribution in [3.8, 4) is 0 Å². The van der Waals surface area contributed by atoms with E-state index >= 15 is 0 Å². The minimum absolute atomic E-state index is 0.260. The number of carboxylic acids is 4. The van der Waals surface area contributed by atoms with E-state index < -0.39 is 104 Å². The van der Waals surface area contributed by atoms with Crippen LogP contribution in [-0.4, -0.2) is 86.2 Å². The van der Waals surface area contributed by atoms with Gasteiger partial charge in [0.2, 0.25) is 17.7 Å². The highest BCUT2D eigenvalue weighted by Crippen LogP contribution is 2.10. The molecule has 0 aliphatic heterocycles. The summed E-state index contributed by atoms with van der Waals surface area (Å²) in [6.07, 6.45) is -2.26. The Labute approximate surface area is 206 Å². The lowest BCUT2D eigenvalue weighted by Gasteiger charge is -2.26. The zero-order chi connectivity index (χ0) is 28.0. The van der Waals surface area contributed by atoms with Gasteiger partial charge in [0, 0.05) is 19.3 Å². The van der Waals surface area contributed by atoms with Crippen LogP contribution in [0.1, 0.15) is 58.8 Å². The minimum atomic E-state index is -1.51. The first-order chi connectivity index (χ1) is 16.7. The largest absolute Gasteiger partial charge is 0.481 e. The second kappa shape index (κ2) is 16.0. The lowest BCUT2D eigenvalue weighted by molar-refractivity contribution is -0.144. The predicted octanol–water partition coefficient (Wildman–Crippen LogP) is -1.51. The average Bonchev–Trinajstić information content (AvgIpc) is 2.79. The number of aliphatic carboxylic acids is 4. The van der Waals surface area contributed by atoms with Crippen molar-refractivity contribution in [2.24, 2.45) is 11.7 Å². The molecule has 0 aliphatic rings. The number of amides is 3. The fourth-order valence-electron chi connectivity index (χ4n) is 2.97. The fraction of sp³-hybridized carbons (Fsp3) is 0.667. The van der Waals surface area contributed by atoms with Gasteiger partial charge in [0.05, 0.1) is 6.04 Å². The van der Waals surface area contributed by atoms with Gasteiger partial charge in [-0.1, -0.05) is 20.3 Å². The molecular formula is C21H34N4O11. The van der Waals surface area contributed by atoms with E-state index in [4.69, 9.17) is 21.1 Å². The maximum Gasteiger partial charge on any atom is 0.326 e. The molecule has 0 aromatic carbocycles. The molecule has 204 valence electrons. The first kappa shape index (κ1) is 32.2. The zero-order valence-electron chi connectivity index (χ0n) is 20.1. The summed E-state index contributed by atoms with van der Waals surface area (Å²) in [4.78, 5) is 82.1. The SMILES string of the molecule is CC[C@H](C)[C@H](NC(=O)[C@H](CCC(=O)O)NC(=O)[C@H](CCC(=O)O)NC(=O)[C@@H](N)CCC(=O)O)C(=O)O. The van der Waals surface area contributed by atoms with Crippen LogP contribution in [0.25, 0.3) is 0 Å². The summed E-state index contributed by atoms with van der Waals surface area (Å²) in [5.74, 6) is -8.55. The summed E-state index contributed by atoms with van der Waals surface area (Å²) in [6, 6.07) is -5.65. The zero-order valence-corrected chi connectivity index (χ0v) is 20.1. The van der Waals surface area contributed by atoms with E-state index in [9.17, 15) is 38.7 Å². The molecule has 0 rings (SSSR count). The molecular weight excluding hydrogens is 484 g/mol. The summed E-state index contributed by atoms with van der Waals surface area (Å²) in [5, 5.41) is 42.8. The molecule has 0 bridgehead atoms. The monoisotopic (exact) mass is 518 g/mol. The third-order valence-electron chi connectivity index (χ3n) is 5.34. The molecule has 0 spiro atoms. The number of carbonyl (C=O) groups is 7.